The van der Waals surface area contributed by atoms with E-state index >= 15 is 0 Å². The van der Waals surface area contributed by atoms with Crippen LogP contribution in [0.2, 0.25) is 0 Å². The maximum atomic E-state index is 12.3. The van der Waals surface area contributed by atoms with Gasteiger partial charge in [-0.05, 0) is 25.5 Å². The van der Waals surface area contributed by atoms with Crippen molar-refractivity contribution in [3.63, 3.8) is 0 Å². The fraction of sp³-hybridized carbons (Fsp3) is 0.333. The van der Waals surface area contributed by atoms with E-state index in [1.807, 2.05) is 0 Å². The number of anilines is 1. The van der Waals surface area contributed by atoms with E-state index in [0.717, 1.165) is 17.8 Å². The van der Waals surface area contributed by atoms with Crippen LogP contribution in [0, 0.1) is 6.92 Å². The Hall–Kier alpha value is -2.74. The van der Waals surface area contributed by atoms with Crippen molar-refractivity contribution in [2.75, 3.05) is 18.1 Å². The van der Waals surface area contributed by atoms with Gasteiger partial charge in [0.25, 0.3) is 0 Å². The van der Waals surface area contributed by atoms with Crippen LogP contribution in [0.3, 0.4) is 0 Å². The van der Waals surface area contributed by atoms with Crippen LogP contribution in [-0.2, 0) is 20.9 Å². The van der Waals surface area contributed by atoms with E-state index in [9.17, 15) is 19.2 Å². The fourth-order valence-corrected chi connectivity index (χ4v) is 3.50. The minimum atomic E-state index is -0.646. The Morgan fingerprint density at radius 3 is 2.73 bits per heavy atom. The Balaban J connectivity index is 1.60. The second-order valence-electron chi connectivity index (χ2n) is 6.01. The SMILES string of the molecule is Cc1csc(=O)n1CC(=O)OCC(=O)c1cccc(N2CCCC2=O)c1. The largest absolute Gasteiger partial charge is 0.456 e. The number of thiazole rings is 1. The molecule has 1 aromatic carbocycles. The number of carbonyl (C=O) groups excluding carboxylic acids is 3. The zero-order valence-corrected chi connectivity index (χ0v) is 15.1. The molecule has 0 saturated carbocycles. The van der Waals surface area contributed by atoms with Crippen molar-refractivity contribution < 1.29 is 19.1 Å². The molecule has 0 bridgehead atoms. The Kier molecular flexibility index (Phi) is 5.32. The predicted molar refractivity (Wildman–Crippen MR) is 96.6 cm³/mol. The first-order valence-electron chi connectivity index (χ1n) is 8.20. The summed E-state index contributed by atoms with van der Waals surface area (Å²) in [5, 5.41) is 1.66. The summed E-state index contributed by atoms with van der Waals surface area (Å²) in [5.41, 5.74) is 1.72. The summed E-state index contributed by atoms with van der Waals surface area (Å²) < 4.78 is 6.31. The summed E-state index contributed by atoms with van der Waals surface area (Å²) in [6.45, 7) is 1.74. The van der Waals surface area contributed by atoms with E-state index in [4.69, 9.17) is 4.74 Å². The maximum Gasteiger partial charge on any atom is 0.326 e. The lowest BCUT2D eigenvalue weighted by atomic mass is 10.1. The quantitative estimate of drug-likeness (QED) is 0.568. The molecule has 2 heterocycles. The number of Topliss-reactive ketones (excluding diaryl/α,β-unsaturated/α-hetero) is 1. The van der Waals surface area contributed by atoms with Crippen molar-refractivity contribution in [3.8, 4) is 0 Å². The number of hydrogen-bond donors (Lipinski definition) is 0. The van der Waals surface area contributed by atoms with Gasteiger partial charge in [-0.2, -0.15) is 0 Å². The van der Waals surface area contributed by atoms with Crippen molar-refractivity contribution >= 4 is 34.7 Å². The number of ether oxygens (including phenoxy) is 1. The molecule has 26 heavy (non-hydrogen) atoms. The molecule has 1 aliphatic heterocycles. The molecule has 1 aromatic heterocycles. The third-order valence-corrected chi connectivity index (χ3v) is 5.06. The van der Waals surface area contributed by atoms with Gasteiger partial charge in [0.1, 0.15) is 6.54 Å². The van der Waals surface area contributed by atoms with Crippen LogP contribution in [0.25, 0.3) is 0 Å². The van der Waals surface area contributed by atoms with Crippen LogP contribution >= 0.6 is 11.3 Å². The summed E-state index contributed by atoms with van der Waals surface area (Å²) in [5.74, 6) is -0.966. The maximum absolute atomic E-state index is 12.3. The van der Waals surface area contributed by atoms with Gasteiger partial charge in [0.15, 0.2) is 12.4 Å². The average Bonchev–Trinajstić information content (AvgIpc) is 3.20. The Bertz CT molecular complexity index is 914. The second kappa shape index (κ2) is 7.65. The lowest BCUT2D eigenvalue weighted by Crippen LogP contribution is -2.25. The number of aryl methyl sites for hydroxylation is 1. The third-order valence-electron chi connectivity index (χ3n) is 4.18. The van der Waals surface area contributed by atoms with Gasteiger partial charge >= 0.3 is 10.8 Å². The highest BCUT2D eigenvalue weighted by Crippen LogP contribution is 2.22. The summed E-state index contributed by atoms with van der Waals surface area (Å²) in [7, 11) is 0. The second-order valence-corrected chi connectivity index (χ2v) is 6.83. The lowest BCUT2D eigenvalue weighted by molar-refractivity contribution is -0.143. The predicted octanol–water partition coefficient (Wildman–Crippen LogP) is 1.77. The van der Waals surface area contributed by atoms with E-state index < -0.39 is 12.6 Å². The van der Waals surface area contributed by atoms with Crippen LogP contribution in [0.5, 0.6) is 0 Å². The monoisotopic (exact) mass is 374 g/mol. The molecule has 0 unspecified atom stereocenters. The highest BCUT2D eigenvalue weighted by molar-refractivity contribution is 7.07. The molecule has 3 rings (SSSR count). The molecule has 0 spiro atoms. The molecule has 1 amide bonds. The summed E-state index contributed by atoms with van der Waals surface area (Å²) in [6.07, 6.45) is 1.31. The van der Waals surface area contributed by atoms with E-state index in [1.165, 1.54) is 4.57 Å². The average molecular weight is 374 g/mol. The molecule has 0 N–H and O–H groups in total. The molecule has 0 atom stereocenters. The Morgan fingerprint density at radius 2 is 2.08 bits per heavy atom. The number of hydrogen-bond acceptors (Lipinski definition) is 6. The Morgan fingerprint density at radius 1 is 1.27 bits per heavy atom. The number of amides is 1. The van der Waals surface area contributed by atoms with Gasteiger partial charge in [0.2, 0.25) is 5.91 Å². The number of carbonyl (C=O) groups is 3. The molecule has 136 valence electrons. The minimum absolute atomic E-state index is 0.0394. The van der Waals surface area contributed by atoms with Crippen molar-refractivity contribution in [3.05, 3.63) is 50.6 Å². The molecular formula is C18H18N2O5S. The number of aromatic nitrogens is 1. The van der Waals surface area contributed by atoms with E-state index in [-0.39, 0.29) is 23.1 Å². The molecular weight excluding hydrogens is 356 g/mol. The standard InChI is InChI=1S/C18H18N2O5S/c1-12-11-26-18(24)20(12)9-17(23)25-10-15(21)13-4-2-5-14(8-13)19-7-3-6-16(19)22/h2,4-5,8,11H,3,6-7,9-10H2,1H3. The summed E-state index contributed by atoms with van der Waals surface area (Å²) in [4.78, 5) is 49.0. The number of ketones is 1. The highest BCUT2D eigenvalue weighted by Gasteiger charge is 2.22. The molecule has 0 aliphatic carbocycles. The molecule has 2 aromatic rings. The Labute approximate surface area is 153 Å². The molecule has 1 aliphatic rings. The van der Waals surface area contributed by atoms with Gasteiger partial charge in [0.05, 0.1) is 0 Å². The molecule has 1 fully saturated rings. The lowest BCUT2D eigenvalue weighted by Gasteiger charge is -2.16. The van der Waals surface area contributed by atoms with Crippen LogP contribution in [0.1, 0.15) is 28.9 Å². The van der Waals surface area contributed by atoms with Gasteiger partial charge in [-0.1, -0.05) is 23.5 Å². The van der Waals surface area contributed by atoms with Gasteiger partial charge in [-0.25, -0.2) is 0 Å². The normalized spacial score (nSPS) is 13.9. The van der Waals surface area contributed by atoms with Gasteiger partial charge in [-0.3, -0.25) is 23.7 Å². The van der Waals surface area contributed by atoms with Crippen LogP contribution in [0.4, 0.5) is 5.69 Å². The van der Waals surface area contributed by atoms with Crippen molar-refractivity contribution in [1.29, 1.82) is 0 Å². The van der Waals surface area contributed by atoms with Crippen molar-refractivity contribution in [2.45, 2.75) is 26.3 Å². The first kappa shape index (κ1) is 18.1. The van der Waals surface area contributed by atoms with Crippen LogP contribution in [0.15, 0.2) is 34.4 Å². The zero-order valence-electron chi connectivity index (χ0n) is 14.3. The van der Waals surface area contributed by atoms with Crippen molar-refractivity contribution in [2.24, 2.45) is 0 Å². The van der Waals surface area contributed by atoms with Crippen LogP contribution in [-0.4, -0.2) is 35.4 Å². The minimum Gasteiger partial charge on any atom is -0.456 e. The zero-order chi connectivity index (χ0) is 18.7. The topological polar surface area (TPSA) is 85.7 Å². The molecule has 1 saturated heterocycles. The highest BCUT2D eigenvalue weighted by atomic mass is 32.1. The summed E-state index contributed by atoms with van der Waals surface area (Å²) >= 11 is 1.01. The van der Waals surface area contributed by atoms with Crippen LogP contribution < -0.4 is 9.77 Å². The van der Waals surface area contributed by atoms with Gasteiger partial charge in [0, 0.05) is 35.3 Å². The number of nitrogens with zero attached hydrogens (tertiary/aromatic N) is 2. The molecule has 8 heteroatoms. The van der Waals surface area contributed by atoms with E-state index in [0.29, 0.717) is 29.9 Å². The van der Waals surface area contributed by atoms with E-state index in [1.54, 1.807) is 41.5 Å². The van der Waals surface area contributed by atoms with Crippen molar-refractivity contribution in [1.82, 2.24) is 4.57 Å². The fourth-order valence-electron chi connectivity index (χ4n) is 2.77. The van der Waals surface area contributed by atoms with Gasteiger partial charge in [-0.15, -0.1) is 0 Å². The number of esters is 1. The first-order chi connectivity index (χ1) is 12.5. The van der Waals surface area contributed by atoms with E-state index in [2.05, 4.69) is 0 Å². The summed E-state index contributed by atoms with van der Waals surface area (Å²) in [6, 6.07) is 6.72. The number of benzene rings is 1. The molecule has 0 radical (unpaired) electrons. The van der Waals surface area contributed by atoms with Gasteiger partial charge < -0.3 is 9.64 Å². The number of rotatable bonds is 6. The molecule has 7 nitrogen and oxygen atoms in total. The first-order valence-corrected chi connectivity index (χ1v) is 9.08. The third kappa shape index (κ3) is 3.91. The smallest absolute Gasteiger partial charge is 0.326 e.